The molecule has 2 heterocycles. The first kappa shape index (κ1) is 15.0. The van der Waals surface area contributed by atoms with Crippen molar-refractivity contribution in [1.82, 2.24) is 19.7 Å². The summed E-state index contributed by atoms with van der Waals surface area (Å²) >= 11 is 0. The summed E-state index contributed by atoms with van der Waals surface area (Å²) < 4.78 is 26.3. The average molecular weight is 308 g/mol. The SMILES string of the molecule is Cc1cnc(CNS(=O)(=O)c2ccc(C(=O)O)cn2)cn1. The number of aryl methyl sites for hydroxylation is 1. The van der Waals surface area contributed by atoms with Gasteiger partial charge in [-0.15, -0.1) is 0 Å². The van der Waals surface area contributed by atoms with E-state index in [0.29, 0.717) is 5.69 Å². The van der Waals surface area contributed by atoms with E-state index in [9.17, 15) is 13.2 Å². The van der Waals surface area contributed by atoms with Crippen molar-refractivity contribution in [2.45, 2.75) is 18.5 Å². The van der Waals surface area contributed by atoms with Crippen molar-refractivity contribution in [3.63, 3.8) is 0 Å². The minimum atomic E-state index is -3.83. The lowest BCUT2D eigenvalue weighted by atomic mass is 10.3. The lowest BCUT2D eigenvalue weighted by molar-refractivity contribution is 0.0696. The molecule has 0 bridgehead atoms. The Kier molecular flexibility index (Phi) is 4.24. The molecule has 2 aromatic heterocycles. The van der Waals surface area contributed by atoms with Gasteiger partial charge in [0.2, 0.25) is 0 Å². The van der Waals surface area contributed by atoms with Gasteiger partial charge in [0, 0.05) is 12.4 Å². The molecule has 0 unspecified atom stereocenters. The number of carbonyl (C=O) groups is 1. The summed E-state index contributed by atoms with van der Waals surface area (Å²) in [5, 5.41) is 8.48. The minimum absolute atomic E-state index is 0.0298. The Balaban J connectivity index is 2.11. The van der Waals surface area contributed by atoms with E-state index in [2.05, 4.69) is 19.7 Å². The molecule has 2 rings (SSSR count). The van der Waals surface area contributed by atoms with Crippen LogP contribution in [0.4, 0.5) is 0 Å². The van der Waals surface area contributed by atoms with Crippen molar-refractivity contribution >= 4 is 16.0 Å². The first-order valence-electron chi connectivity index (χ1n) is 5.85. The fourth-order valence-corrected chi connectivity index (χ4v) is 2.34. The van der Waals surface area contributed by atoms with Crippen LogP contribution in [0.3, 0.4) is 0 Å². The Morgan fingerprint density at radius 1 is 1.19 bits per heavy atom. The van der Waals surface area contributed by atoms with Gasteiger partial charge in [0.15, 0.2) is 5.03 Å². The number of aromatic nitrogens is 3. The van der Waals surface area contributed by atoms with Crippen LogP contribution in [0.1, 0.15) is 21.7 Å². The number of rotatable bonds is 5. The highest BCUT2D eigenvalue weighted by molar-refractivity contribution is 7.89. The van der Waals surface area contributed by atoms with Gasteiger partial charge in [-0.05, 0) is 19.1 Å². The molecule has 9 heteroatoms. The summed E-state index contributed by atoms with van der Waals surface area (Å²) in [5.74, 6) is -1.17. The quantitative estimate of drug-likeness (QED) is 0.817. The third-order valence-electron chi connectivity index (χ3n) is 2.54. The van der Waals surface area contributed by atoms with Crippen molar-refractivity contribution < 1.29 is 18.3 Å². The van der Waals surface area contributed by atoms with E-state index < -0.39 is 16.0 Å². The number of nitrogens with zero attached hydrogens (tertiary/aromatic N) is 3. The standard InChI is InChI=1S/C12H12N4O4S/c1-8-4-14-10(6-13-8)7-16-21(19,20)11-3-2-9(5-15-11)12(17)18/h2-6,16H,7H2,1H3,(H,17,18). The van der Waals surface area contributed by atoms with Gasteiger partial charge in [-0.25, -0.2) is 22.9 Å². The Morgan fingerprint density at radius 3 is 2.48 bits per heavy atom. The lowest BCUT2D eigenvalue weighted by Gasteiger charge is -2.05. The van der Waals surface area contributed by atoms with E-state index in [4.69, 9.17) is 5.11 Å². The molecule has 0 spiro atoms. The van der Waals surface area contributed by atoms with E-state index in [1.54, 1.807) is 6.92 Å². The molecule has 0 saturated heterocycles. The van der Waals surface area contributed by atoms with E-state index in [-0.39, 0.29) is 17.1 Å². The summed E-state index contributed by atoms with van der Waals surface area (Å²) in [4.78, 5) is 22.3. The number of carboxylic acids is 1. The number of pyridine rings is 1. The monoisotopic (exact) mass is 308 g/mol. The molecule has 21 heavy (non-hydrogen) atoms. The largest absolute Gasteiger partial charge is 0.478 e. The first-order chi connectivity index (χ1) is 9.88. The maximum Gasteiger partial charge on any atom is 0.337 e. The summed E-state index contributed by atoms with van der Waals surface area (Å²) in [6, 6.07) is 2.31. The summed E-state index contributed by atoms with van der Waals surface area (Å²) in [6.45, 7) is 1.74. The zero-order chi connectivity index (χ0) is 15.5. The molecule has 8 nitrogen and oxygen atoms in total. The van der Waals surface area contributed by atoms with Crippen LogP contribution in [-0.2, 0) is 16.6 Å². The van der Waals surface area contributed by atoms with E-state index >= 15 is 0 Å². The van der Waals surface area contributed by atoms with Crippen LogP contribution in [0.5, 0.6) is 0 Å². The van der Waals surface area contributed by atoms with Crippen molar-refractivity contribution in [2.75, 3.05) is 0 Å². The number of aromatic carboxylic acids is 1. The molecule has 0 aromatic carbocycles. The topological polar surface area (TPSA) is 122 Å². The molecule has 2 N–H and O–H groups in total. The third-order valence-corrected chi connectivity index (χ3v) is 3.85. The van der Waals surface area contributed by atoms with Crippen molar-refractivity contribution in [1.29, 1.82) is 0 Å². The minimum Gasteiger partial charge on any atom is -0.478 e. The van der Waals surface area contributed by atoms with Crippen LogP contribution >= 0.6 is 0 Å². The zero-order valence-corrected chi connectivity index (χ0v) is 11.8. The third kappa shape index (κ3) is 3.80. The normalized spacial score (nSPS) is 11.3. The molecule has 0 fully saturated rings. The van der Waals surface area contributed by atoms with Crippen molar-refractivity contribution in [3.8, 4) is 0 Å². The fourth-order valence-electron chi connectivity index (χ4n) is 1.42. The molecule has 110 valence electrons. The highest BCUT2D eigenvalue weighted by Gasteiger charge is 2.16. The zero-order valence-electron chi connectivity index (χ0n) is 11.0. The van der Waals surface area contributed by atoms with Gasteiger partial charge in [-0.2, -0.15) is 0 Å². The van der Waals surface area contributed by atoms with Crippen LogP contribution in [0, 0.1) is 6.92 Å². The number of carboxylic acid groups (broad SMARTS) is 1. The molecule has 0 saturated carbocycles. The predicted octanol–water partition coefficient (Wildman–Crippen LogP) is 0.357. The Hall–Kier alpha value is -2.39. The number of sulfonamides is 1. The molecule has 2 aromatic rings. The van der Waals surface area contributed by atoms with Crippen molar-refractivity contribution in [2.24, 2.45) is 0 Å². The molecular formula is C12H12N4O4S. The Bertz CT molecular complexity index is 742. The van der Waals surface area contributed by atoms with Crippen LogP contribution in [0.25, 0.3) is 0 Å². The molecular weight excluding hydrogens is 296 g/mol. The van der Waals surface area contributed by atoms with E-state index in [0.717, 1.165) is 18.0 Å². The summed E-state index contributed by atoms with van der Waals surface area (Å²) in [5.41, 5.74) is 1.11. The number of nitrogens with one attached hydrogen (secondary N) is 1. The molecule has 0 aliphatic rings. The van der Waals surface area contributed by atoms with Crippen LogP contribution in [0.15, 0.2) is 35.7 Å². The first-order valence-corrected chi connectivity index (χ1v) is 7.33. The van der Waals surface area contributed by atoms with Gasteiger partial charge in [0.25, 0.3) is 10.0 Å². The lowest BCUT2D eigenvalue weighted by Crippen LogP contribution is -2.24. The maximum atomic E-state index is 12.0. The second-order valence-corrected chi connectivity index (χ2v) is 5.88. The van der Waals surface area contributed by atoms with Gasteiger partial charge in [0.05, 0.1) is 29.7 Å². The van der Waals surface area contributed by atoms with Crippen molar-refractivity contribution in [3.05, 3.63) is 47.7 Å². The van der Waals surface area contributed by atoms with Crippen LogP contribution in [0.2, 0.25) is 0 Å². The summed E-state index contributed by atoms with van der Waals surface area (Å²) in [6.07, 6.45) is 3.99. The Morgan fingerprint density at radius 2 is 1.95 bits per heavy atom. The number of hydrogen-bond acceptors (Lipinski definition) is 6. The fraction of sp³-hybridized carbons (Fsp3) is 0.167. The molecule has 0 radical (unpaired) electrons. The summed E-state index contributed by atoms with van der Waals surface area (Å²) in [7, 11) is -3.83. The Labute approximate surface area is 121 Å². The molecule has 0 amide bonds. The second-order valence-electron chi connectivity index (χ2n) is 4.16. The molecule has 0 aliphatic carbocycles. The van der Waals surface area contributed by atoms with Gasteiger partial charge < -0.3 is 5.11 Å². The smallest absolute Gasteiger partial charge is 0.337 e. The second kappa shape index (κ2) is 5.94. The van der Waals surface area contributed by atoms with E-state index in [1.807, 2.05) is 0 Å². The van der Waals surface area contributed by atoms with Crippen LogP contribution in [-0.4, -0.2) is 34.4 Å². The van der Waals surface area contributed by atoms with Gasteiger partial charge in [0.1, 0.15) is 0 Å². The highest BCUT2D eigenvalue weighted by atomic mass is 32.2. The van der Waals surface area contributed by atoms with Crippen LogP contribution < -0.4 is 4.72 Å². The molecule has 0 atom stereocenters. The van der Waals surface area contributed by atoms with Gasteiger partial charge in [-0.1, -0.05) is 0 Å². The van der Waals surface area contributed by atoms with Gasteiger partial charge in [-0.3, -0.25) is 9.97 Å². The molecule has 0 aliphatic heterocycles. The predicted molar refractivity (Wildman–Crippen MR) is 72.0 cm³/mol. The number of hydrogen-bond donors (Lipinski definition) is 2. The highest BCUT2D eigenvalue weighted by Crippen LogP contribution is 2.07. The van der Waals surface area contributed by atoms with Gasteiger partial charge >= 0.3 is 5.97 Å². The maximum absolute atomic E-state index is 12.0. The van der Waals surface area contributed by atoms with E-state index in [1.165, 1.54) is 18.5 Å². The average Bonchev–Trinajstić information content (AvgIpc) is 2.47.